The maximum Gasteiger partial charge on any atom is -0.0386 e. The largest absolute Gasteiger partial charge is 0.412 e. The minimum Gasteiger partial charge on any atom is -0.412 e. The third-order valence-corrected chi connectivity index (χ3v) is 7.27. The molecule has 0 atom stereocenters. The molecule has 0 spiro atoms. The molecule has 0 radical (unpaired) electrons. The van der Waals surface area contributed by atoms with Crippen molar-refractivity contribution < 1.29 is 5.48 Å². The second-order valence-electron chi connectivity index (χ2n) is 8.71. The Morgan fingerprint density at radius 3 is 0.810 bits per heavy atom. The summed E-state index contributed by atoms with van der Waals surface area (Å²) < 4.78 is 0. The van der Waals surface area contributed by atoms with Crippen LogP contribution >= 0.6 is 0 Å². The van der Waals surface area contributed by atoms with E-state index < -0.39 is 0 Å². The molecule has 2 N–H and O–H groups in total. The van der Waals surface area contributed by atoms with Gasteiger partial charge in [-0.1, -0.05) is 39.5 Å². The summed E-state index contributed by atoms with van der Waals surface area (Å²) in [5, 5.41) is 0. The molecule has 3 saturated carbocycles. The minimum atomic E-state index is 0. The lowest BCUT2D eigenvalue weighted by atomic mass is 9.65. The van der Waals surface area contributed by atoms with Crippen LogP contribution in [0.3, 0.4) is 0 Å². The first-order valence-corrected chi connectivity index (χ1v) is 9.72. The molecule has 3 aliphatic carbocycles. The van der Waals surface area contributed by atoms with E-state index in [4.69, 9.17) is 0 Å². The molecule has 0 unspecified atom stereocenters. The van der Waals surface area contributed by atoms with Crippen LogP contribution in [0.25, 0.3) is 0 Å². The fourth-order valence-corrected chi connectivity index (χ4v) is 5.60. The smallest absolute Gasteiger partial charge is 0.0386 e. The van der Waals surface area contributed by atoms with E-state index in [0.717, 1.165) is 35.5 Å². The Morgan fingerprint density at radius 1 is 0.381 bits per heavy atom. The normalized spacial score (nSPS) is 44.9. The molecule has 3 fully saturated rings. The van der Waals surface area contributed by atoms with E-state index in [1.807, 2.05) is 0 Å². The molecule has 1 heteroatoms. The molecule has 0 aromatic rings. The molecular formula is C20H38O. The van der Waals surface area contributed by atoms with Gasteiger partial charge in [0.1, 0.15) is 0 Å². The zero-order valence-corrected chi connectivity index (χ0v) is 14.4. The summed E-state index contributed by atoms with van der Waals surface area (Å²) in [4.78, 5) is 0. The first kappa shape index (κ1) is 17.3. The topological polar surface area (TPSA) is 31.5 Å². The van der Waals surface area contributed by atoms with Crippen molar-refractivity contribution in [3.05, 3.63) is 0 Å². The zero-order chi connectivity index (χ0) is 13.9. The van der Waals surface area contributed by atoms with Crippen molar-refractivity contribution in [3.8, 4) is 0 Å². The molecule has 0 aromatic carbocycles. The van der Waals surface area contributed by atoms with Crippen LogP contribution < -0.4 is 0 Å². The van der Waals surface area contributed by atoms with Gasteiger partial charge in [0, 0.05) is 0 Å². The van der Waals surface area contributed by atoms with Gasteiger partial charge in [0.2, 0.25) is 0 Å². The van der Waals surface area contributed by atoms with Crippen LogP contribution in [0.2, 0.25) is 0 Å². The van der Waals surface area contributed by atoms with Crippen molar-refractivity contribution >= 4 is 0 Å². The van der Waals surface area contributed by atoms with E-state index in [1.54, 1.807) is 51.4 Å². The number of hydrogen-bond acceptors (Lipinski definition) is 0. The van der Waals surface area contributed by atoms with Crippen LogP contribution in [0, 0.1) is 35.5 Å². The predicted molar refractivity (Wildman–Crippen MR) is 91.3 cm³/mol. The van der Waals surface area contributed by atoms with Crippen molar-refractivity contribution in [1.82, 2.24) is 0 Å². The van der Waals surface area contributed by atoms with Gasteiger partial charge in [0.15, 0.2) is 0 Å². The van der Waals surface area contributed by atoms with Crippen molar-refractivity contribution in [2.75, 3.05) is 0 Å². The highest BCUT2D eigenvalue weighted by atomic mass is 16.0. The van der Waals surface area contributed by atoms with Crippen LogP contribution in [-0.2, 0) is 0 Å². The molecular weight excluding hydrogens is 256 g/mol. The van der Waals surface area contributed by atoms with E-state index >= 15 is 0 Å². The molecule has 0 heterocycles. The standard InChI is InChI=1S/C20H36.H2O/c1-15-3-7-17(8-4-15)19-11-13-20(14-12-19)18-9-5-16(2)6-10-18;/h15-20H,3-14H2,1-2H3;1H2. The lowest BCUT2D eigenvalue weighted by Crippen LogP contribution is -2.29. The Hall–Kier alpha value is -0.0400. The van der Waals surface area contributed by atoms with Gasteiger partial charge in [-0.2, -0.15) is 0 Å². The highest BCUT2D eigenvalue weighted by Crippen LogP contribution is 2.45. The van der Waals surface area contributed by atoms with Gasteiger partial charge in [-0.3, -0.25) is 0 Å². The van der Waals surface area contributed by atoms with Gasteiger partial charge in [0.05, 0.1) is 0 Å². The summed E-state index contributed by atoms with van der Waals surface area (Å²) in [5.41, 5.74) is 0. The summed E-state index contributed by atoms with van der Waals surface area (Å²) in [5.74, 6) is 6.48. The van der Waals surface area contributed by atoms with Crippen LogP contribution in [0.5, 0.6) is 0 Å². The van der Waals surface area contributed by atoms with Gasteiger partial charge in [-0.15, -0.1) is 0 Å². The van der Waals surface area contributed by atoms with Gasteiger partial charge < -0.3 is 5.48 Å². The highest BCUT2D eigenvalue weighted by Gasteiger charge is 2.33. The van der Waals surface area contributed by atoms with E-state index in [1.165, 1.54) is 25.7 Å². The van der Waals surface area contributed by atoms with E-state index in [0.29, 0.717) is 0 Å². The Bertz CT molecular complexity index is 246. The van der Waals surface area contributed by atoms with Crippen LogP contribution in [0.4, 0.5) is 0 Å². The summed E-state index contributed by atoms with van der Waals surface area (Å²) in [7, 11) is 0. The molecule has 21 heavy (non-hydrogen) atoms. The summed E-state index contributed by atoms with van der Waals surface area (Å²) >= 11 is 0. The molecule has 0 bridgehead atoms. The van der Waals surface area contributed by atoms with Crippen LogP contribution in [-0.4, -0.2) is 5.48 Å². The molecule has 0 saturated heterocycles. The number of rotatable bonds is 2. The van der Waals surface area contributed by atoms with Crippen LogP contribution in [0.1, 0.15) is 90.9 Å². The fourth-order valence-electron chi connectivity index (χ4n) is 5.60. The average Bonchev–Trinajstić information content (AvgIpc) is 2.49. The lowest BCUT2D eigenvalue weighted by Gasteiger charge is -2.41. The molecule has 0 amide bonds. The quantitative estimate of drug-likeness (QED) is 0.633. The summed E-state index contributed by atoms with van der Waals surface area (Å²) in [6.45, 7) is 4.91. The SMILES string of the molecule is CC1CCC(C2CCC(C3CCC(C)CC3)CC2)CC1.O. The van der Waals surface area contributed by atoms with Gasteiger partial charge >= 0.3 is 0 Å². The third-order valence-electron chi connectivity index (χ3n) is 7.27. The molecule has 0 aromatic heterocycles. The Morgan fingerprint density at radius 2 is 0.571 bits per heavy atom. The second kappa shape index (κ2) is 7.99. The lowest BCUT2D eigenvalue weighted by molar-refractivity contribution is 0.108. The predicted octanol–water partition coefficient (Wildman–Crippen LogP) is 5.62. The van der Waals surface area contributed by atoms with Crippen molar-refractivity contribution in [2.45, 2.75) is 90.9 Å². The van der Waals surface area contributed by atoms with Gasteiger partial charge in [-0.25, -0.2) is 0 Å². The van der Waals surface area contributed by atoms with Crippen LogP contribution in [0.15, 0.2) is 0 Å². The average molecular weight is 295 g/mol. The molecule has 124 valence electrons. The van der Waals surface area contributed by atoms with E-state index in [2.05, 4.69) is 13.8 Å². The Balaban J connectivity index is 0.00000161. The molecule has 0 aliphatic heterocycles. The second-order valence-corrected chi connectivity index (χ2v) is 8.71. The van der Waals surface area contributed by atoms with Crippen molar-refractivity contribution in [2.24, 2.45) is 35.5 Å². The third kappa shape index (κ3) is 4.47. The Labute approximate surface area is 132 Å². The maximum atomic E-state index is 2.46. The highest BCUT2D eigenvalue weighted by molar-refractivity contribution is 4.85. The molecule has 3 rings (SSSR count). The van der Waals surface area contributed by atoms with Crippen molar-refractivity contribution in [1.29, 1.82) is 0 Å². The summed E-state index contributed by atoms with van der Waals surface area (Å²) in [6.07, 6.45) is 18.6. The Kier molecular flexibility index (Phi) is 6.59. The fraction of sp³-hybridized carbons (Fsp3) is 1.00. The zero-order valence-electron chi connectivity index (χ0n) is 14.4. The first-order chi connectivity index (χ1) is 9.72. The van der Waals surface area contributed by atoms with E-state index in [-0.39, 0.29) is 5.48 Å². The number of hydrogen-bond donors (Lipinski definition) is 0. The minimum absolute atomic E-state index is 0. The molecule has 1 nitrogen and oxygen atoms in total. The van der Waals surface area contributed by atoms with E-state index in [9.17, 15) is 0 Å². The maximum absolute atomic E-state index is 2.46. The van der Waals surface area contributed by atoms with Gasteiger partial charge in [0.25, 0.3) is 0 Å². The molecule has 3 aliphatic rings. The monoisotopic (exact) mass is 294 g/mol. The summed E-state index contributed by atoms with van der Waals surface area (Å²) in [6, 6.07) is 0. The van der Waals surface area contributed by atoms with Gasteiger partial charge in [-0.05, 0) is 86.9 Å². The van der Waals surface area contributed by atoms with Crippen molar-refractivity contribution in [3.63, 3.8) is 0 Å². The first-order valence-electron chi connectivity index (χ1n) is 9.72.